The molecule has 41 heavy (non-hydrogen) atoms. The Hall–Kier alpha value is -4.39. The quantitative estimate of drug-likeness (QED) is 0.419. The van der Waals surface area contributed by atoms with E-state index in [1.165, 1.54) is 6.20 Å². The van der Waals surface area contributed by atoms with Crippen molar-refractivity contribution in [1.29, 1.82) is 5.26 Å². The van der Waals surface area contributed by atoms with E-state index in [4.69, 9.17) is 16.5 Å². The highest BCUT2D eigenvalue weighted by molar-refractivity contribution is 5.97. The smallest absolute Gasteiger partial charge is 0.251 e. The third kappa shape index (κ3) is 6.19. The number of anilines is 1. The summed E-state index contributed by atoms with van der Waals surface area (Å²) in [5.41, 5.74) is 12.9. The number of nitrogens with one attached hydrogen (secondary N) is 1. The molecule has 0 radical (unpaired) electrons. The molecule has 0 aromatic carbocycles. The fraction of sp³-hybridized carbons (Fsp3) is 0.452. The Kier molecular flexibility index (Phi) is 8.96. The number of hydrogen-bond donors (Lipinski definition) is 3. The molecule has 0 saturated carbocycles. The summed E-state index contributed by atoms with van der Waals surface area (Å²) in [4.78, 5) is 37.4. The van der Waals surface area contributed by atoms with Crippen LogP contribution in [0.15, 0.2) is 60.6 Å². The number of rotatable bonds is 8. The molecule has 1 fully saturated rings. The summed E-state index contributed by atoms with van der Waals surface area (Å²) in [6, 6.07) is 2.03. The minimum absolute atomic E-state index is 0.0156. The Morgan fingerprint density at radius 3 is 2.80 bits per heavy atom. The topological polar surface area (TPSA) is 155 Å². The number of carbonyl (C=O) groups excluding carboxylic acids is 2. The minimum atomic E-state index is -1.08. The van der Waals surface area contributed by atoms with Gasteiger partial charge in [-0.25, -0.2) is 9.97 Å². The average molecular weight is 557 g/mol. The molecule has 10 nitrogen and oxygen atoms in total. The van der Waals surface area contributed by atoms with E-state index in [0.29, 0.717) is 24.5 Å². The van der Waals surface area contributed by atoms with Crippen LogP contribution in [0.3, 0.4) is 0 Å². The second-order valence-electron chi connectivity index (χ2n) is 11.3. The number of nitrogen functional groups attached to an aromatic ring is 1. The number of nitrogens with zero attached hydrogens (tertiary/aromatic N) is 5. The highest BCUT2D eigenvalue weighted by Gasteiger charge is 2.37. The first kappa shape index (κ1) is 29.6. The van der Waals surface area contributed by atoms with E-state index in [1.807, 2.05) is 47.9 Å². The number of nitriles is 1. The highest BCUT2D eigenvalue weighted by Crippen LogP contribution is 2.38. The van der Waals surface area contributed by atoms with Gasteiger partial charge in [-0.05, 0) is 51.3 Å². The van der Waals surface area contributed by atoms with Crippen LogP contribution >= 0.6 is 0 Å². The van der Waals surface area contributed by atoms with Crippen LogP contribution < -0.4 is 16.8 Å². The van der Waals surface area contributed by atoms with Crippen molar-refractivity contribution in [3.63, 3.8) is 0 Å². The van der Waals surface area contributed by atoms with Crippen molar-refractivity contribution in [2.75, 3.05) is 18.8 Å². The first-order valence-electron chi connectivity index (χ1n) is 14.2. The van der Waals surface area contributed by atoms with Crippen molar-refractivity contribution in [3.8, 4) is 6.07 Å². The monoisotopic (exact) mass is 556 g/mol. The number of carbonyl (C=O) groups is 2. The fourth-order valence-corrected chi connectivity index (χ4v) is 5.57. The van der Waals surface area contributed by atoms with Crippen LogP contribution in [0.2, 0.25) is 0 Å². The number of allylic oxidation sites excluding steroid dienone is 4. The molecule has 4 rings (SSSR count). The van der Waals surface area contributed by atoms with Gasteiger partial charge in [0, 0.05) is 48.9 Å². The average Bonchev–Trinajstić information content (AvgIpc) is 3.37. The van der Waals surface area contributed by atoms with Gasteiger partial charge in [0.2, 0.25) is 5.91 Å². The summed E-state index contributed by atoms with van der Waals surface area (Å²) >= 11 is 0. The highest BCUT2D eigenvalue weighted by atomic mass is 16.2. The van der Waals surface area contributed by atoms with Gasteiger partial charge in [0.15, 0.2) is 0 Å². The van der Waals surface area contributed by atoms with Gasteiger partial charge in [0.1, 0.15) is 22.6 Å². The Morgan fingerprint density at radius 1 is 1.34 bits per heavy atom. The summed E-state index contributed by atoms with van der Waals surface area (Å²) in [7, 11) is 0. The molecular formula is C31H40N8O2. The van der Waals surface area contributed by atoms with Gasteiger partial charge in [-0.1, -0.05) is 44.2 Å². The summed E-state index contributed by atoms with van der Waals surface area (Å²) < 4.78 is 1.99. The molecule has 2 aromatic heterocycles. The Morgan fingerprint density at radius 2 is 2.12 bits per heavy atom. The van der Waals surface area contributed by atoms with Crippen molar-refractivity contribution in [1.82, 2.24) is 24.6 Å². The van der Waals surface area contributed by atoms with Crippen LogP contribution in [0.25, 0.3) is 5.52 Å². The molecule has 3 heterocycles. The minimum Gasteiger partial charge on any atom is -0.405 e. The molecular weight excluding hydrogens is 516 g/mol. The summed E-state index contributed by atoms with van der Waals surface area (Å²) in [6.07, 6.45) is 18.7. The number of likely N-dealkylation sites (tertiary alicyclic amines) is 1. The van der Waals surface area contributed by atoms with Gasteiger partial charge < -0.3 is 21.7 Å². The van der Waals surface area contributed by atoms with Crippen molar-refractivity contribution < 1.29 is 9.59 Å². The van der Waals surface area contributed by atoms with Gasteiger partial charge in [-0.3, -0.25) is 14.0 Å². The first-order valence-corrected chi connectivity index (χ1v) is 14.2. The van der Waals surface area contributed by atoms with Gasteiger partial charge in [0.25, 0.3) is 5.91 Å². The van der Waals surface area contributed by atoms with E-state index in [-0.39, 0.29) is 35.6 Å². The predicted molar refractivity (Wildman–Crippen MR) is 159 cm³/mol. The molecule has 2 aromatic rings. The maximum absolute atomic E-state index is 13.1. The number of nitrogens with two attached hydrogens (primary N) is 2. The van der Waals surface area contributed by atoms with Gasteiger partial charge in [-0.2, -0.15) is 5.26 Å². The van der Waals surface area contributed by atoms with Crippen LogP contribution in [0, 0.1) is 22.7 Å². The molecule has 0 bridgehead atoms. The van der Waals surface area contributed by atoms with E-state index in [1.54, 1.807) is 31.0 Å². The molecule has 2 aliphatic rings. The fourth-order valence-electron chi connectivity index (χ4n) is 5.57. The van der Waals surface area contributed by atoms with E-state index >= 15 is 0 Å². The molecule has 0 spiro atoms. The van der Waals surface area contributed by atoms with Crippen LogP contribution in [-0.4, -0.2) is 50.2 Å². The molecule has 1 aliphatic heterocycles. The molecule has 2 amide bonds. The number of fused-ring (bicyclic) bond motifs is 1. The third-order valence-electron chi connectivity index (χ3n) is 7.92. The van der Waals surface area contributed by atoms with E-state index < -0.39 is 5.41 Å². The van der Waals surface area contributed by atoms with Crippen LogP contribution in [0.4, 0.5) is 5.82 Å². The zero-order valence-corrected chi connectivity index (χ0v) is 24.2. The maximum Gasteiger partial charge on any atom is 0.251 e. The van der Waals surface area contributed by atoms with E-state index in [0.717, 1.165) is 36.3 Å². The lowest BCUT2D eigenvalue weighted by atomic mass is 9.84. The molecule has 3 unspecified atom stereocenters. The van der Waals surface area contributed by atoms with E-state index in [9.17, 15) is 14.9 Å². The number of hydrogen-bond acceptors (Lipinski definition) is 7. The first-order chi connectivity index (χ1) is 19.6. The zero-order chi connectivity index (χ0) is 29.7. The van der Waals surface area contributed by atoms with Crippen LogP contribution in [-0.2, 0) is 9.59 Å². The second kappa shape index (κ2) is 12.4. The second-order valence-corrected chi connectivity index (χ2v) is 11.3. The molecule has 216 valence electrons. The molecule has 1 aliphatic carbocycles. The number of amides is 2. The predicted octanol–water partition coefficient (Wildman–Crippen LogP) is 3.71. The number of imidazole rings is 1. The number of piperidine rings is 1. The zero-order valence-electron chi connectivity index (χ0n) is 24.2. The maximum atomic E-state index is 13.1. The van der Waals surface area contributed by atoms with Crippen molar-refractivity contribution in [3.05, 3.63) is 72.1 Å². The lowest BCUT2D eigenvalue weighted by molar-refractivity contribution is -0.138. The van der Waals surface area contributed by atoms with Crippen LogP contribution in [0.1, 0.15) is 70.3 Å². The van der Waals surface area contributed by atoms with E-state index in [2.05, 4.69) is 23.3 Å². The lowest BCUT2D eigenvalue weighted by Gasteiger charge is -2.35. The standard InChI is InChI=1S/C31H40N8O2/c1-5-23(10-6-7-13-32)36-29(40)21-11-12-24(20(2)17-21)25-26-27(34)35-14-16-39(26)28(37-25)22-9-8-15-38(18-22)30(41)31(3,4)19-33/h6-7,10-14,16-17,20,22-24H,5,8-9,15,18,32H2,1-4H3,(H2,34,35)(H,36,40)/b10-6-,13-7-/t20?,22-,23?,24?/m1/s1. The van der Waals surface area contributed by atoms with Gasteiger partial charge in [0.05, 0.1) is 11.8 Å². The lowest BCUT2D eigenvalue weighted by Crippen LogP contribution is -2.45. The third-order valence-corrected chi connectivity index (χ3v) is 7.92. The SMILES string of the molecule is CCC(/C=C\C=C/N)NC(=O)C1=CC(C)C(c2nc([C@@H]3CCCN(C(=O)C(C)(C)C#N)C3)n3ccnc(N)c23)C=C1. The summed E-state index contributed by atoms with van der Waals surface area (Å²) in [5, 5.41) is 12.6. The Balaban J connectivity index is 1.60. The van der Waals surface area contributed by atoms with Crippen LogP contribution in [0.5, 0.6) is 0 Å². The Labute approximate surface area is 241 Å². The van der Waals surface area contributed by atoms with Gasteiger partial charge in [-0.15, -0.1) is 0 Å². The summed E-state index contributed by atoms with van der Waals surface area (Å²) in [5.74, 6) is 0.757. The summed E-state index contributed by atoms with van der Waals surface area (Å²) in [6.45, 7) is 8.50. The molecule has 10 heteroatoms. The molecule has 4 atom stereocenters. The largest absolute Gasteiger partial charge is 0.405 e. The Bertz CT molecular complexity index is 1460. The normalized spacial score (nSPS) is 22.2. The van der Waals surface area contributed by atoms with Crippen molar-refractivity contribution >= 4 is 23.1 Å². The van der Waals surface area contributed by atoms with Gasteiger partial charge >= 0.3 is 0 Å². The molecule has 1 saturated heterocycles. The van der Waals surface area contributed by atoms with Crippen molar-refractivity contribution in [2.45, 2.75) is 64.8 Å². The number of aromatic nitrogens is 3. The molecule has 5 N–H and O–H groups in total. The van der Waals surface area contributed by atoms with Crippen molar-refractivity contribution in [2.24, 2.45) is 17.1 Å².